The van der Waals surface area contributed by atoms with E-state index >= 15 is 0 Å². The van der Waals surface area contributed by atoms with Gasteiger partial charge in [-0.3, -0.25) is 0 Å². The summed E-state index contributed by atoms with van der Waals surface area (Å²) in [6, 6.07) is 6.56. The summed E-state index contributed by atoms with van der Waals surface area (Å²) < 4.78 is 1.19. The van der Waals surface area contributed by atoms with Crippen LogP contribution < -0.4 is 5.32 Å². The average Bonchev–Trinajstić information content (AvgIpc) is 2.80. The van der Waals surface area contributed by atoms with Crippen LogP contribution in [-0.4, -0.2) is 6.54 Å². The zero-order valence-electron chi connectivity index (χ0n) is 10.3. The van der Waals surface area contributed by atoms with Crippen LogP contribution >= 0.6 is 15.9 Å². The number of hydrogen-bond acceptors (Lipinski definition) is 1. The van der Waals surface area contributed by atoms with Gasteiger partial charge in [0.1, 0.15) is 0 Å². The number of rotatable bonds is 4. The zero-order chi connectivity index (χ0) is 11.8. The molecule has 1 aliphatic rings. The van der Waals surface area contributed by atoms with Gasteiger partial charge in [-0.15, -0.1) is 0 Å². The van der Waals surface area contributed by atoms with E-state index in [4.69, 9.17) is 0 Å². The smallest absolute Gasteiger partial charge is 0.0205 e. The Morgan fingerprint density at radius 3 is 2.69 bits per heavy atom. The lowest BCUT2D eigenvalue weighted by Crippen LogP contribution is -2.18. The molecule has 1 aromatic rings. The highest BCUT2D eigenvalue weighted by Gasteiger charge is 2.44. The van der Waals surface area contributed by atoms with Gasteiger partial charge in [-0.2, -0.15) is 0 Å². The molecule has 1 fully saturated rings. The van der Waals surface area contributed by atoms with Gasteiger partial charge in [0.05, 0.1) is 0 Å². The monoisotopic (exact) mass is 281 g/mol. The number of aryl methyl sites for hydroxylation is 1. The Morgan fingerprint density at radius 2 is 2.12 bits per heavy atom. The van der Waals surface area contributed by atoms with E-state index in [1.807, 2.05) is 0 Å². The van der Waals surface area contributed by atoms with Crippen molar-refractivity contribution in [3.8, 4) is 0 Å². The van der Waals surface area contributed by atoms with Crippen molar-refractivity contribution < 1.29 is 0 Å². The number of benzene rings is 1. The summed E-state index contributed by atoms with van der Waals surface area (Å²) in [7, 11) is 0. The molecule has 0 heterocycles. The number of halogens is 1. The second kappa shape index (κ2) is 4.50. The highest BCUT2D eigenvalue weighted by atomic mass is 79.9. The molecule has 0 saturated heterocycles. The van der Waals surface area contributed by atoms with Crippen LogP contribution in [0.15, 0.2) is 22.7 Å². The second-order valence-corrected chi connectivity index (χ2v) is 6.46. The molecule has 0 aromatic heterocycles. The quantitative estimate of drug-likeness (QED) is 0.883. The average molecular weight is 282 g/mol. The van der Waals surface area contributed by atoms with E-state index in [9.17, 15) is 0 Å². The van der Waals surface area contributed by atoms with E-state index in [2.05, 4.69) is 60.2 Å². The molecule has 0 amide bonds. The molecule has 88 valence electrons. The molecule has 1 aliphatic carbocycles. The van der Waals surface area contributed by atoms with E-state index < -0.39 is 0 Å². The summed E-state index contributed by atoms with van der Waals surface area (Å²) in [5.74, 6) is 0.879. The van der Waals surface area contributed by atoms with Crippen LogP contribution in [-0.2, 0) is 6.54 Å². The molecule has 1 nitrogen and oxygen atoms in total. The van der Waals surface area contributed by atoms with Crippen LogP contribution in [0.3, 0.4) is 0 Å². The van der Waals surface area contributed by atoms with E-state index in [0.29, 0.717) is 5.41 Å². The van der Waals surface area contributed by atoms with Gasteiger partial charge in [-0.25, -0.2) is 0 Å². The molecular formula is C14H20BrN. The Morgan fingerprint density at radius 1 is 1.44 bits per heavy atom. The largest absolute Gasteiger partial charge is 0.312 e. The molecule has 1 unspecified atom stereocenters. The predicted octanol–water partition coefficient (Wildman–Crippen LogP) is 3.89. The summed E-state index contributed by atoms with van der Waals surface area (Å²) in [5.41, 5.74) is 3.27. The lowest BCUT2D eigenvalue weighted by molar-refractivity contribution is 0.519. The first-order valence-electron chi connectivity index (χ1n) is 5.95. The molecule has 2 heteroatoms. The molecule has 0 bridgehead atoms. The lowest BCUT2D eigenvalue weighted by atomic mass is 10.1. The van der Waals surface area contributed by atoms with E-state index in [0.717, 1.165) is 19.0 Å². The van der Waals surface area contributed by atoms with Gasteiger partial charge in [0.25, 0.3) is 0 Å². The van der Waals surface area contributed by atoms with Crippen molar-refractivity contribution in [3.05, 3.63) is 33.8 Å². The Bertz CT molecular complexity index is 384. The summed E-state index contributed by atoms with van der Waals surface area (Å²) in [6.07, 6.45) is 1.37. The highest BCUT2D eigenvalue weighted by molar-refractivity contribution is 9.10. The van der Waals surface area contributed by atoms with Crippen LogP contribution in [0.25, 0.3) is 0 Å². The Hall–Kier alpha value is -0.340. The standard InChI is InChI=1S/C14H20BrN/c1-10-6-11(4-5-13(10)15)8-16-9-12-7-14(12,2)3/h4-6,12,16H,7-9H2,1-3H3. The molecular weight excluding hydrogens is 262 g/mol. The van der Waals surface area contributed by atoms with Gasteiger partial charge >= 0.3 is 0 Å². The maximum absolute atomic E-state index is 3.55. The van der Waals surface area contributed by atoms with Crippen molar-refractivity contribution >= 4 is 15.9 Å². The molecule has 0 aliphatic heterocycles. The van der Waals surface area contributed by atoms with Crippen molar-refractivity contribution in [1.82, 2.24) is 5.32 Å². The Kier molecular flexibility index (Phi) is 3.41. The minimum Gasteiger partial charge on any atom is -0.312 e. The maximum atomic E-state index is 3.55. The van der Waals surface area contributed by atoms with Gasteiger partial charge in [0.15, 0.2) is 0 Å². The lowest BCUT2D eigenvalue weighted by Gasteiger charge is -2.07. The SMILES string of the molecule is Cc1cc(CNCC2CC2(C)C)ccc1Br. The van der Waals surface area contributed by atoms with Crippen LogP contribution in [0.2, 0.25) is 0 Å². The fourth-order valence-electron chi connectivity index (χ4n) is 2.13. The van der Waals surface area contributed by atoms with Crippen molar-refractivity contribution in [3.63, 3.8) is 0 Å². The summed E-state index contributed by atoms with van der Waals surface area (Å²) in [6.45, 7) is 8.98. The van der Waals surface area contributed by atoms with E-state index in [1.165, 1.54) is 22.0 Å². The van der Waals surface area contributed by atoms with Crippen LogP contribution in [0.5, 0.6) is 0 Å². The van der Waals surface area contributed by atoms with Crippen molar-refractivity contribution in [2.45, 2.75) is 33.7 Å². The third-order valence-corrected chi connectivity index (χ3v) is 4.55. The fraction of sp³-hybridized carbons (Fsp3) is 0.571. The number of nitrogens with one attached hydrogen (secondary N) is 1. The molecule has 1 aromatic carbocycles. The maximum Gasteiger partial charge on any atom is 0.0205 e. The molecule has 2 rings (SSSR count). The minimum absolute atomic E-state index is 0.586. The zero-order valence-corrected chi connectivity index (χ0v) is 11.9. The molecule has 0 spiro atoms. The van der Waals surface area contributed by atoms with Crippen LogP contribution in [0.4, 0.5) is 0 Å². The summed E-state index contributed by atoms with van der Waals surface area (Å²) in [5, 5.41) is 3.55. The summed E-state index contributed by atoms with van der Waals surface area (Å²) >= 11 is 3.53. The third-order valence-electron chi connectivity index (χ3n) is 3.66. The predicted molar refractivity (Wildman–Crippen MR) is 72.5 cm³/mol. The molecule has 0 radical (unpaired) electrons. The van der Waals surface area contributed by atoms with Crippen molar-refractivity contribution in [2.75, 3.05) is 6.54 Å². The Balaban J connectivity index is 1.79. The van der Waals surface area contributed by atoms with Gasteiger partial charge in [-0.05, 0) is 48.4 Å². The Labute approximate surface area is 107 Å². The first-order valence-corrected chi connectivity index (χ1v) is 6.74. The van der Waals surface area contributed by atoms with Gasteiger partial charge < -0.3 is 5.32 Å². The molecule has 1 atom stereocenters. The minimum atomic E-state index is 0.586. The molecule has 16 heavy (non-hydrogen) atoms. The normalized spacial score (nSPS) is 22.1. The van der Waals surface area contributed by atoms with Gasteiger partial charge in [0, 0.05) is 11.0 Å². The fourth-order valence-corrected chi connectivity index (χ4v) is 2.38. The highest BCUT2D eigenvalue weighted by Crippen LogP contribution is 2.50. The van der Waals surface area contributed by atoms with Gasteiger partial charge in [-0.1, -0.05) is 41.9 Å². The van der Waals surface area contributed by atoms with Gasteiger partial charge in [0.2, 0.25) is 0 Å². The van der Waals surface area contributed by atoms with Crippen LogP contribution in [0.1, 0.15) is 31.4 Å². The van der Waals surface area contributed by atoms with Crippen molar-refractivity contribution in [2.24, 2.45) is 11.3 Å². The van der Waals surface area contributed by atoms with Crippen molar-refractivity contribution in [1.29, 1.82) is 0 Å². The molecule has 1 N–H and O–H groups in total. The summed E-state index contributed by atoms with van der Waals surface area (Å²) in [4.78, 5) is 0. The van der Waals surface area contributed by atoms with E-state index in [1.54, 1.807) is 0 Å². The molecule has 1 saturated carbocycles. The third kappa shape index (κ3) is 2.86. The second-order valence-electron chi connectivity index (χ2n) is 5.60. The van der Waals surface area contributed by atoms with E-state index in [-0.39, 0.29) is 0 Å². The topological polar surface area (TPSA) is 12.0 Å². The first kappa shape index (κ1) is 12.1. The first-order chi connectivity index (χ1) is 7.49. The number of hydrogen-bond donors (Lipinski definition) is 1. The van der Waals surface area contributed by atoms with Crippen LogP contribution in [0, 0.1) is 18.3 Å².